The van der Waals surface area contributed by atoms with Gasteiger partial charge in [0.2, 0.25) is 0 Å². The molecule has 1 fully saturated rings. The molecule has 0 saturated carbocycles. The number of carbonyl (C=O) groups is 2. The van der Waals surface area contributed by atoms with Crippen LogP contribution in [0.15, 0.2) is 0 Å². The molecule has 1 saturated heterocycles. The highest BCUT2D eigenvalue weighted by molar-refractivity contribution is 8.34. The summed E-state index contributed by atoms with van der Waals surface area (Å²) in [6, 6.07) is 0. The molecular formula is C6H7NO2S2. The molecule has 1 heterocycles. The van der Waals surface area contributed by atoms with E-state index in [-0.39, 0.29) is 0 Å². The molecule has 0 unspecified atom stereocenters. The van der Waals surface area contributed by atoms with Crippen LogP contribution in [0.2, 0.25) is 0 Å². The van der Waals surface area contributed by atoms with Crippen LogP contribution in [0.1, 0.15) is 13.3 Å². The van der Waals surface area contributed by atoms with Crippen molar-refractivity contribution in [2.75, 3.05) is 6.54 Å². The number of thiocarbonyl (C=S) groups is 1. The first kappa shape index (κ1) is 8.67. The molecule has 3 nitrogen and oxygen atoms in total. The van der Waals surface area contributed by atoms with Crippen molar-refractivity contribution in [1.29, 1.82) is 0 Å². The minimum absolute atomic E-state index is 0.391. The standard InChI is InChI=1S/C6H7NO2S2/c1-2-3-7-4(8)5(9)11-6(7)10/h2-3H2,1H3. The van der Waals surface area contributed by atoms with E-state index in [1.165, 1.54) is 4.90 Å². The fraction of sp³-hybridized carbons (Fsp3) is 0.500. The molecule has 1 amide bonds. The minimum Gasteiger partial charge on any atom is -0.290 e. The number of thioether (sulfide) groups is 1. The fourth-order valence-corrected chi connectivity index (χ4v) is 1.83. The zero-order valence-corrected chi connectivity index (χ0v) is 7.63. The van der Waals surface area contributed by atoms with Crippen molar-refractivity contribution in [3.63, 3.8) is 0 Å². The van der Waals surface area contributed by atoms with Gasteiger partial charge in [-0.1, -0.05) is 19.1 Å². The Bertz CT molecular complexity index is 227. The molecular weight excluding hydrogens is 182 g/mol. The highest BCUT2D eigenvalue weighted by atomic mass is 32.2. The molecule has 0 bridgehead atoms. The van der Waals surface area contributed by atoms with E-state index in [4.69, 9.17) is 12.2 Å². The third-order valence-corrected chi connectivity index (χ3v) is 2.49. The molecule has 1 rings (SSSR count). The van der Waals surface area contributed by atoms with Gasteiger partial charge in [-0.3, -0.25) is 14.5 Å². The topological polar surface area (TPSA) is 37.4 Å². The molecule has 1 aliphatic rings. The van der Waals surface area contributed by atoms with Crippen LogP contribution in [-0.4, -0.2) is 26.8 Å². The van der Waals surface area contributed by atoms with Crippen molar-refractivity contribution in [3.8, 4) is 0 Å². The maximum Gasteiger partial charge on any atom is 0.307 e. The predicted octanol–water partition coefficient (Wildman–Crippen LogP) is 0.783. The number of hydrogen-bond donors (Lipinski definition) is 0. The van der Waals surface area contributed by atoms with Crippen LogP contribution in [-0.2, 0) is 9.59 Å². The van der Waals surface area contributed by atoms with Crippen LogP contribution in [0.3, 0.4) is 0 Å². The molecule has 0 atom stereocenters. The van der Waals surface area contributed by atoms with E-state index in [9.17, 15) is 9.59 Å². The molecule has 0 aromatic carbocycles. The summed E-state index contributed by atoms with van der Waals surface area (Å²) < 4.78 is 0.391. The number of hydrogen-bond acceptors (Lipinski definition) is 4. The monoisotopic (exact) mass is 189 g/mol. The molecule has 0 spiro atoms. The van der Waals surface area contributed by atoms with Gasteiger partial charge in [0.15, 0.2) is 4.32 Å². The average Bonchev–Trinajstić information content (AvgIpc) is 2.17. The zero-order valence-electron chi connectivity index (χ0n) is 5.99. The molecule has 0 radical (unpaired) electrons. The summed E-state index contributed by atoms with van der Waals surface area (Å²) in [5, 5.41) is -0.455. The largest absolute Gasteiger partial charge is 0.307 e. The normalized spacial score (nSPS) is 18.3. The van der Waals surface area contributed by atoms with Gasteiger partial charge in [-0.2, -0.15) is 0 Å². The lowest BCUT2D eigenvalue weighted by molar-refractivity contribution is -0.136. The lowest BCUT2D eigenvalue weighted by Gasteiger charge is -2.10. The second-order valence-corrected chi connectivity index (χ2v) is 3.72. The third-order valence-electron chi connectivity index (χ3n) is 1.27. The number of amides is 1. The Labute approximate surface area is 74.1 Å². The lowest BCUT2D eigenvalue weighted by atomic mass is 10.4. The van der Waals surface area contributed by atoms with Gasteiger partial charge in [0, 0.05) is 6.54 Å². The Hall–Kier alpha value is -0.420. The van der Waals surface area contributed by atoms with Crippen molar-refractivity contribution in [1.82, 2.24) is 4.90 Å². The molecule has 60 valence electrons. The van der Waals surface area contributed by atoms with E-state index in [1.807, 2.05) is 6.92 Å². The van der Waals surface area contributed by atoms with Crippen LogP contribution in [0.25, 0.3) is 0 Å². The molecule has 1 aliphatic heterocycles. The summed E-state index contributed by atoms with van der Waals surface area (Å²) in [7, 11) is 0. The van der Waals surface area contributed by atoms with Crippen LogP contribution in [0.4, 0.5) is 0 Å². The third kappa shape index (κ3) is 1.59. The van der Waals surface area contributed by atoms with Crippen molar-refractivity contribution in [2.45, 2.75) is 13.3 Å². The SMILES string of the molecule is CCCN1C(=O)C(=O)SC1=S. The summed E-state index contributed by atoms with van der Waals surface area (Å²) >= 11 is 5.65. The highest BCUT2D eigenvalue weighted by Crippen LogP contribution is 2.20. The van der Waals surface area contributed by atoms with Gasteiger partial charge in [0.1, 0.15) is 0 Å². The Balaban J connectivity index is 2.71. The minimum atomic E-state index is -0.471. The van der Waals surface area contributed by atoms with Crippen LogP contribution in [0, 0.1) is 0 Å². The van der Waals surface area contributed by atoms with Crippen LogP contribution in [0.5, 0.6) is 0 Å². The zero-order chi connectivity index (χ0) is 8.43. The summed E-state index contributed by atoms with van der Waals surface area (Å²) in [5.74, 6) is -0.471. The molecule has 5 heteroatoms. The van der Waals surface area contributed by atoms with Crippen LogP contribution >= 0.6 is 24.0 Å². The van der Waals surface area contributed by atoms with Crippen LogP contribution < -0.4 is 0 Å². The number of carbonyl (C=O) groups excluding carboxylic acids is 2. The van der Waals surface area contributed by atoms with Gasteiger partial charge in [0.25, 0.3) is 5.12 Å². The van der Waals surface area contributed by atoms with E-state index >= 15 is 0 Å². The van der Waals surface area contributed by atoms with E-state index in [1.54, 1.807) is 0 Å². The van der Waals surface area contributed by atoms with Gasteiger partial charge in [-0.15, -0.1) is 0 Å². The molecule has 0 aromatic rings. The first-order chi connectivity index (χ1) is 5.16. The lowest BCUT2D eigenvalue weighted by Crippen LogP contribution is -2.30. The molecule has 0 aromatic heterocycles. The van der Waals surface area contributed by atoms with E-state index in [0.717, 1.165) is 18.2 Å². The maximum atomic E-state index is 11.0. The van der Waals surface area contributed by atoms with Gasteiger partial charge in [-0.05, 0) is 18.2 Å². The maximum absolute atomic E-state index is 11.0. The van der Waals surface area contributed by atoms with Gasteiger partial charge >= 0.3 is 5.91 Å². The van der Waals surface area contributed by atoms with E-state index in [2.05, 4.69) is 0 Å². The van der Waals surface area contributed by atoms with Crippen molar-refractivity contribution >= 4 is 39.3 Å². The Morgan fingerprint density at radius 2 is 2.18 bits per heavy atom. The summed E-state index contributed by atoms with van der Waals surface area (Å²) in [6.45, 7) is 2.49. The van der Waals surface area contributed by atoms with Crippen molar-refractivity contribution in [2.24, 2.45) is 0 Å². The second-order valence-electron chi connectivity index (χ2n) is 2.11. The predicted molar refractivity (Wildman–Crippen MR) is 47.2 cm³/mol. The Morgan fingerprint density at radius 3 is 2.55 bits per heavy atom. The second kappa shape index (κ2) is 3.32. The number of rotatable bonds is 2. The number of nitrogens with zero attached hydrogens (tertiary/aromatic N) is 1. The first-order valence-electron chi connectivity index (χ1n) is 3.24. The Kier molecular flexibility index (Phi) is 2.62. The van der Waals surface area contributed by atoms with Gasteiger partial charge in [0.05, 0.1) is 0 Å². The highest BCUT2D eigenvalue weighted by Gasteiger charge is 2.34. The molecule has 0 N–H and O–H groups in total. The van der Waals surface area contributed by atoms with Gasteiger partial charge in [-0.25, -0.2) is 0 Å². The van der Waals surface area contributed by atoms with Gasteiger partial charge < -0.3 is 0 Å². The Morgan fingerprint density at radius 1 is 1.55 bits per heavy atom. The van der Waals surface area contributed by atoms with E-state index < -0.39 is 11.0 Å². The van der Waals surface area contributed by atoms with E-state index in [0.29, 0.717) is 10.9 Å². The van der Waals surface area contributed by atoms with Crippen molar-refractivity contribution < 1.29 is 9.59 Å². The summed E-state index contributed by atoms with van der Waals surface area (Å²) in [4.78, 5) is 23.1. The van der Waals surface area contributed by atoms with Crippen molar-refractivity contribution in [3.05, 3.63) is 0 Å². The summed E-state index contributed by atoms with van der Waals surface area (Å²) in [6.07, 6.45) is 0.819. The molecule has 0 aliphatic carbocycles. The smallest absolute Gasteiger partial charge is 0.290 e. The first-order valence-corrected chi connectivity index (χ1v) is 4.47. The average molecular weight is 189 g/mol. The molecule has 11 heavy (non-hydrogen) atoms. The quantitative estimate of drug-likeness (QED) is 0.475. The fourth-order valence-electron chi connectivity index (χ4n) is 0.788. The summed E-state index contributed by atoms with van der Waals surface area (Å²) in [5.41, 5.74) is 0.